The Balaban J connectivity index is 2.26. The smallest absolute Gasteiger partial charge is 0.139 e. The summed E-state index contributed by atoms with van der Waals surface area (Å²) in [4.78, 5) is 0. The third-order valence-corrected chi connectivity index (χ3v) is 2.61. The van der Waals surface area contributed by atoms with Crippen LogP contribution in [0.3, 0.4) is 0 Å². The van der Waals surface area contributed by atoms with Gasteiger partial charge in [-0.15, -0.1) is 0 Å². The van der Waals surface area contributed by atoms with Crippen molar-refractivity contribution in [3.05, 3.63) is 17.5 Å². The zero-order chi connectivity index (χ0) is 11.3. The van der Waals surface area contributed by atoms with Gasteiger partial charge in [0, 0.05) is 12.0 Å². The molecule has 0 atom stereocenters. The molecule has 86 valence electrons. The topological polar surface area (TPSA) is 26.0 Å². The van der Waals surface area contributed by atoms with Crippen LogP contribution < -0.4 is 0 Å². The molecule has 0 unspecified atom stereocenters. The van der Waals surface area contributed by atoms with Gasteiger partial charge in [-0.1, -0.05) is 45.7 Å². The zero-order valence-corrected chi connectivity index (χ0v) is 10.4. The van der Waals surface area contributed by atoms with Crippen molar-refractivity contribution in [1.29, 1.82) is 0 Å². The Morgan fingerprint density at radius 3 is 2.47 bits per heavy atom. The first-order chi connectivity index (χ1) is 7.09. The average molecular weight is 209 g/mol. The van der Waals surface area contributed by atoms with Crippen molar-refractivity contribution in [3.8, 4) is 0 Å². The van der Waals surface area contributed by atoms with E-state index in [4.69, 9.17) is 4.52 Å². The lowest BCUT2D eigenvalue weighted by molar-refractivity contribution is 0.364. The van der Waals surface area contributed by atoms with Crippen molar-refractivity contribution in [2.45, 2.75) is 59.3 Å². The summed E-state index contributed by atoms with van der Waals surface area (Å²) in [6, 6.07) is 2.10. The second-order valence-electron chi connectivity index (χ2n) is 5.01. The molecule has 0 spiro atoms. The summed E-state index contributed by atoms with van der Waals surface area (Å²) >= 11 is 0. The predicted molar refractivity (Wildman–Crippen MR) is 63.0 cm³/mol. The number of hydrogen-bond donors (Lipinski definition) is 0. The van der Waals surface area contributed by atoms with Crippen LogP contribution in [0.5, 0.6) is 0 Å². The molecule has 1 rings (SSSR count). The Kier molecular flexibility index (Phi) is 4.86. The predicted octanol–water partition coefficient (Wildman–Crippen LogP) is 4.17. The fourth-order valence-electron chi connectivity index (χ4n) is 1.58. The van der Waals surface area contributed by atoms with Crippen molar-refractivity contribution < 1.29 is 4.52 Å². The maximum atomic E-state index is 5.25. The molecule has 0 fully saturated rings. The van der Waals surface area contributed by atoms with Crippen molar-refractivity contribution in [2.75, 3.05) is 0 Å². The van der Waals surface area contributed by atoms with Crippen LogP contribution in [0.4, 0.5) is 0 Å². The second-order valence-corrected chi connectivity index (χ2v) is 5.01. The first-order valence-electron chi connectivity index (χ1n) is 6.05. The van der Waals surface area contributed by atoms with Gasteiger partial charge in [-0.05, 0) is 18.8 Å². The van der Waals surface area contributed by atoms with Crippen LogP contribution in [0.1, 0.15) is 64.3 Å². The fourth-order valence-corrected chi connectivity index (χ4v) is 1.58. The molecule has 2 heteroatoms. The molecular weight excluding hydrogens is 186 g/mol. The van der Waals surface area contributed by atoms with Crippen LogP contribution in [0.15, 0.2) is 10.6 Å². The molecule has 1 heterocycles. The van der Waals surface area contributed by atoms with Gasteiger partial charge < -0.3 is 4.52 Å². The van der Waals surface area contributed by atoms with Crippen molar-refractivity contribution in [3.63, 3.8) is 0 Å². The minimum absolute atomic E-state index is 0.446. The van der Waals surface area contributed by atoms with E-state index in [2.05, 4.69) is 38.9 Å². The monoisotopic (exact) mass is 209 g/mol. The van der Waals surface area contributed by atoms with Gasteiger partial charge in [-0.25, -0.2) is 0 Å². The maximum absolute atomic E-state index is 5.25. The quantitative estimate of drug-likeness (QED) is 0.657. The first kappa shape index (κ1) is 12.3. The van der Waals surface area contributed by atoms with Gasteiger partial charge in [0.25, 0.3) is 0 Å². The van der Waals surface area contributed by atoms with E-state index in [1.54, 1.807) is 0 Å². The number of unbranched alkanes of at least 4 members (excludes halogenated alkanes) is 1. The Bertz CT molecular complexity index is 276. The van der Waals surface area contributed by atoms with Crippen LogP contribution >= 0.6 is 0 Å². The van der Waals surface area contributed by atoms with Gasteiger partial charge in [-0.2, -0.15) is 0 Å². The molecule has 0 N–H and O–H groups in total. The molecule has 0 aliphatic carbocycles. The highest BCUT2D eigenvalue weighted by Gasteiger charge is 2.07. The third kappa shape index (κ3) is 4.50. The Labute approximate surface area is 93.0 Å². The summed E-state index contributed by atoms with van der Waals surface area (Å²) in [5.74, 6) is 2.27. The van der Waals surface area contributed by atoms with Crippen LogP contribution in [0.2, 0.25) is 0 Å². The third-order valence-electron chi connectivity index (χ3n) is 2.61. The van der Waals surface area contributed by atoms with Crippen molar-refractivity contribution in [2.24, 2.45) is 5.92 Å². The Morgan fingerprint density at radius 1 is 1.20 bits per heavy atom. The highest BCUT2D eigenvalue weighted by atomic mass is 16.5. The lowest BCUT2D eigenvalue weighted by atomic mass is 10.0. The Hall–Kier alpha value is -0.790. The highest BCUT2D eigenvalue weighted by Crippen LogP contribution is 2.16. The van der Waals surface area contributed by atoms with E-state index in [-0.39, 0.29) is 0 Å². The second kappa shape index (κ2) is 5.94. The minimum Gasteiger partial charge on any atom is -0.361 e. The maximum Gasteiger partial charge on any atom is 0.139 e. The summed E-state index contributed by atoms with van der Waals surface area (Å²) in [7, 11) is 0. The molecule has 0 aliphatic heterocycles. The standard InChI is InChI=1S/C13H23NO/c1-10(2)7-5-6-8-12-9-13(11(3)4)15-14-12/h9-11H,5-8H2,1-4H3. The van der Waals surface area contributed by atoms with Crippen LogP contribution in [-0.2, 0) is 6.42 Å². The molecule has 1 aromatic rings. The first-order valence-corrected chi connectivity index (χ1v) is 6.05. The Morgan fingerprint density at radius 2 is 1.93 bits per heavy atom. The van der Waals surface area contributed by atoms with Gasteiger partial charge in [0.15, 0.2) is 0 Å². The van der Waals surface area contributed by atoms with Gasteiger partial charge in [0.1, 0.15) is 5.76 Å². The number of aryl methyl sites for hydroxylation is 1. The molecule has 0 bridgehead atoms. The number of hydrogen-bond acceptors (Lipinski definition) is 2. The molecule has 0 aromatic carbocycles. The summed E-state index contributed by atoms with van der Waals surface area (Å²) in [5, 5.41) is 4.08. The molecule has 0 saturated heterocycles. The number of rotatable bonds is 6. The number of aromatic nitrogens is 1. The molecule has 2 nitrogen and oxygen atoms in total. The average Bonchev–Trinajstić information content (AvgIpc) is 2.60. The highest BCUT2D eigenvalue weighted by molar-refractivity contribution is 5.08. The van der Waals surface area contributed by atoms with Crippen LogP contribution in [-0.4, -0.2) is 5.16 Å². The van der Waals surface area contributed by atoms with Crippen molar-refractivity contribution in [1.82, 2.24) is 5.16 Å². The molecule has 0 aliphatic rings. The lowest BCUT2D eigenvalue weighted by Crippen LogP contribution is -1.90. The van der Waals surface area contributed by atoms with E-state index in [0.29, 0.717) is 5.92 Å². The summed E-state index contributed by atoms with van der Waals surface area (Å²) < 4.78 is 5.25. The summed E-state index contributed by atoms with van der Waals surface area (Å²) in [5.41, 5.74) is 1.11. The normalized spacial score (nSPS) is 11.6. The molecule has 1 aromatic heterocycles. The fraction of sp³-hybridized carbons (Fsp3) is 0.769. The lowest BCUT2D eigenvalue weighted by Gasteiger charge is -2.02. The van der Waals surface area contributed by atoms with Gasteiger partial charge >= 0.3 is 0 Å². The van der Waals surface area contributed by atoms with E-state index >= 15 is 0 Å². The van der Waals surface area contributed by atoms with E-state index in [1.165, 1.54) is 19.3 Å². The van der Waals surface area contributed by atoms with Gasteiger partial charge in [0.05, 0.1) is 5.69 Å². The van der Waals surface area contributed by atoms with E-state index in [9.17, 15) is 0 Å². The van der Waals surface area contributed by atoms with Crippen LogP contribution in [0.25, 0.3) is 0 Å². The zero-order valence-electron chi connectivity index (χ0n) is 10.4. The van der Waals surface area contributed by atoms with Crippen LogP contribution in [0, 0.1) is 5.92 Å². The van der Waals surface area contributed by atoms with Gasteiger partial charge in [0.2, 0.25) is 0 Å². The van der Waals surface area contributed by atoms with Gasteiger partial charge in [-0.3, -0.25) is 0 Å². The van der Waals surface area contributed by atoms with Crippen molar-refractivity contribution >= 4 is 0 Å². The molecule has 15 heavy (non-hydrogen) atoms. The molecule has 0 amide bonds. The number of nitrogens with zero attached hydrogens (tertiary/aromatic N) is 1. The SMILES string of the molecule is CC(C)CCCCc1cc(C(C)C)on1. The summed E-state index contributed by atoms with van der Waals surface area (Å²) in [6.07, 6.45) is 4.89. The van der Waals surface area contributed by atoms with E-state index in [0.717, 1.165) is 23.8 Å². The van der Waals surface area contributed by atoms with E-state index < -0.39 is 0 Å². The largest absolute Gasteiger partial charge is 0.361 e. The minimum atomic E-state index is 0.446. The molecular formula is C13H23NO. The van der Waals surface area contributed by atoms with E-state index in [1.807, 2.05) is 0 Å². The molecule has 0 saturated carbocycles. The molecule has 0 radical (unpaired) electrons. The summed E-state index contributed by atoms with van der Waals surface area (Å²) in [6.45, 7) is 8.80.